The van der Waals surface area contributed by atoms with Crippen molar-refractivity contribution in [1.82, 2.24) is 20.2 Å². The second kappa shape index (κ2) is 10.5. The predicted molar refractivity (Wildman–Crippen MR) is 121 cm³/mol. The minimum absolute atomic E-state index is 0.0656. The van der Waals surface area contributed by atoms with Crippen LogP contribution in [0.4, 0.5) is 5.82 Å². The Morgan fingerprint density at radius 2 is 1.97 bits per heavy atom. The number of amides is 1. The normalized spacial score (nSPS) is 17.8. The van der Waals surface area contributed by atoms with Crippen LogP contribution in [0, 0.1) is 5.92 Å². The fourth-order valence-corrected chi connectivity index (χ4v) is 4.61. The summed E-state index contributed by atoms with van der Waals surface area (Å²) >= 11 is 0. The van der Waals surface area contributed by atoms with Gasteiger partial charge in [0.2, 0.25) is 5.91 Å². The van der Waals surface area contributed by atoms with E-state index in [1.54, 1.807) is 24.5 Å². The van der Waals surface area contributed by atoms with Crippen molar-refractivity contribution in [3.8, 4) is 0 Å². The first-order valence-corrected chi connectivity index (χ1v) is 11.5. The second-order valence-corrected chi connectivity index (χ2v) is 8.57. The number of hydrogen-bond donors (Lipinski definition) is 3. The van der Waals surface area contributed by atoms with Crippen LogP contribution in [0.25, 0.3) is 0 Å². The van der Waals surface area contributed by atoms with Crippen molar-refractivity contribution in [3.05, 3.63) is 53.5 Å². The van der Waals surface area contributed by atoms with Gasteiger partial charge in [-0.15, -0.1) is 0 Å². The standard InChI is InChI=1S/C24H31N5O3/c30-23(27-12-2-4-20-6-5-18-3-1-11-26-22(18)28-20)19-9-15-29(16-10-19)21(24(31)32)17-7-13-25-14-8-17/h5-8,13-14,19,21H,1-4,9-12,15-16H2,(H,26,28)(H,27,30)(H,31,32). The third-order valence-corrected chi connectivity index (χ3v) is 6.38. The molecule has 4 rings (SSSR count). The number of aromatic nitrogens is 2. The van der Waals surface area contributed by atoms with Gasteiger partial charge >= 0.3 is 5.97 Å². The minimum atomic E-state index is -0.870. The number of aliphatic carboxylic acids is 1. The fraction of sp³-hybridized carbons (Fsp3) is 0.500. The number of fused-ring (bicyclic) bond motifs is 1. The topological polar surface area (TPSA) is 107 Å². The van der Waals surface area contributed by atoms with Gasteiger partial charge in [0, 0.05) is 50.2 Å². The Bertz CT molecular complexity index is 928. The average Bonchev–Trinajstić information content (AvgIpc) is 2.82. The molecule has 32 heavy (non-hydrogen) atoms. The van der Waals surface area contributed by atoms with E-state index < -0.39 is 12.0 Å². The van der Waals surface area contributed by atoms with Gasteiger partial charge in [-0.3, -0.25) is 19.5 Å². The molecule has 2 aliphatic rings. The Labute approximate surface area is 188 Å². The molecule has 1 unspecified atom stereocenters. The van der Waals surface area contributed by atoms with Crippen molar-refractivity contribution in [2.45, 2.75) is 44.6 Å². The number of nitrogens with zero attached hydrogens (tertiary/aromatic N) is 3. The summed E-state index contributed by atoms with van der Waals surface area (Å²) < 4.78 is 0. The van der Waals surface area contributed by atoms with Crippen molar-refractivity contribution in [2.24, 2.45) is 5.92 Å². The van der Waals surface area contributed by atoms with E-state index in [1.165, 1.54) is 5.56 Å². The van der Waals surface area contributed by atoms with Crippen LogP contribution in [0.3, 0.4) is 0 Å². The van der Waals surface area contributed by atoms with Crippen LogP contribution in [0.1, 0.15) is 48.5 Å². The number of carbonyl (C=O) groups excluding carboxylic acids is 1. The van der Waals surface area contributed by atoms with Crippen molar-refractivity contribution in [1.29, 1.82) is 0 Å². The van der Waals surface area contributed by atoms with Gasteiger partial charge in [-0.25, -0.2) is 4.98 Å². The van der Waals surface area contributed by atoms with Crippen LogP contribution >= 0.6 is 0 Å². The third-order valence-electron chi connectivity index (χ3n) is 6.38. The lowest BCUT2D eigenvalue weighted by molar-refractivity contribution is -0.144. The molecule has 170 valence electrons. The number of nitrogens with one attached hydrogen (secondary N) is 2. The third kappa shape index (κ3) is 5.43. The van der Waals surface area contributed by atoms with Crippen LogP contribution in [-0.4, -0.2) is 58.0 Å². The maximum atomic E-state index is 12.6. The van der Waals surface area contributed by atoms with Gasteiger partial charge in [-0.1, -0.05) is 6.07 Å². The van der Waals surface area contributed by atoms with Crippen LogP contribution in [0.15, 0.2) is 36.7 Å². The first-order chi connectivity index (χ1) is 15.6. The number of aryl methyl sites for hydroxylation is 2. The Balaban J connectivity index is 1.20. The molecule has 0 bridgehead atoms. The monoisotopic (exact) mass is 437 g/mol. The maximum absolute atomic E-state index is 12.6. The zero-order chi connectivity index (χ0) is 22.3. The number of likely N-dealkylation sites (tertiary alicyclic amines) is 1. The van der Waals surface area contributed by atoms with Gasteiger partial charge < -0.3 is 15.7 Å². The summed E-state index contributed by atoms with van der Waals surface area (Å²) in [5.74, 6) is 0.144. The fourth-order valence-electron chi connectivity index (χ4n) is 4.61. The van der Waals surface area contributed by atoms with E-state index >= 15 is 0 Å². The molecule has 1 atom stereocenters. The summed E-state index contributed by atoms with van der Waals surface area (Å²) in [6, 6.07) is 7.04. The van der Waals surface area contributed by atoms with Gasteiger partial charge in [-0.2, -0.15) is 0 Å². The Morgan fingerprint density at radius 3 is 2.72 bits per heavy atom. The van der Waals surface area contributed by atoms with Crippen molar-refractivity contribution in [2.75, 3.05) is 31.5 Å². The smallest absolute Gasteiger partial charge is 0.325 e. The van der Waals surface area contributed by atoms with Gasteiger partial charge in [0.05, 0.1) is 0 Å². The average molecular weight is 438 g/mol. The molecule has 2 aromatic heterocycles. The summed E-state index contributed by atoms with van der Waals surface area (Å²) in [5.41, 5.74) is 3.06. The number of carboxylic acid groups (broad SMARTS) is 1. The highest BCUT2D eigenvalue weighted by Gasteiger charge is 2.32. The van der Waals surface area contributed by atoms with E-state index in [1.807, 2.05) is 4.90 Å². The Hall–Kier alpha value is -3.00. The number of carbonyl (C=O) groups is 2. The molecule has 2 aliphatic heterocycles. The zero-order valence-electron chi connectivity index (χ0n) is 18.3. The van der Waals surface area contributed by atoms with Crippen LogP contribution in [0.2, 0.25) is 0 Å². The molecule has 0 spiro atoms. The first-order valence-electron chi connectivity index (χ1n) is 11.5. The molecule has 0 radical (unpaired) electrons. The highest BCUT2D eigenvalue weighted by molar-refractivity contribution is 5.79. The minimum Gasteiger partial charge on any atom is -0.480 e. The van der Waals surface area contributed by atoms with Crippen LogP contribution in [0.5, 0.6) is 0 Å². The van der Waals surface area contributed by atoms with Crippen LogP contribution in [-0.2, 0) is 22.4 Å². The van der Waals surface area contributed by atoms with E-state index in [0.29, 0.717) is 32.5 Å². The number of anilines is 1. The Kier molecular flexibility index (Phi) is 7.32. The number of pyridine rings is 2. The second-order valence-electron chi connectivity index (χ2n) is 8.57. The van der Waals surface area contributed by atoms with E-state index in [4.69, 9.17) is 4.98 Å². The summed E-state index contributed by atoms with van der Waals surface area (Å²) in [7, 11) is 0. The summed E-state index contributed by atoms with van der Waals surface area (Å²) in [6.07, 6.45) is 8.47. The SMILES string of the molecule is O=C(NCCCc1ccc2c(n1)NCCC2)C1CCN(C(C(=O)O)c2ccncc2)CC1. The van der Waals surface area contributed by atoms with Crippen LogP contribution < -0.4 is 10.6 Å². The summed E-state index contributed by atoms with van der Waals surface area (Å²) in [5, 5.41) is 16.1. The number of carboxylic acids is 1. The lowest BCUT2D eigenvalue weighted by atomic mass is 9.93. The van der Waals surface area contributed by atoms with Gasteiger partial charge in [0.25, 0.3) is 0 Å². The van der Waals surface area contributed by atoms with E-state index in [9.17, 15) is 14.7 Å². The molecule has 8 heteroatoms. The largest absolute Gasteiger partial charge is 0.480 e. The number of rotatable bonds is 8. The molecule has 2 aromatic rings. The Morgan fingerprint density at radius 1 is 1.19 bits per heavy atom. The molecule has 1 amide bonds. The highest BCUT2D eigenvalue weighted by atomic mass is 16.4. The zero-order valence-corrected chi connectivity index (χ0v) is 18.3. The summed E-state index contributed by atoms with van der Waals surface area (Å²) in [4.78, 5) is 35.1. The molecule has 1 saturated heterocycles. The van der Waals surface area contributed by atoms with E-state index in [0.717, 1.165) is 49.3 Å². The molecular formula is C24H31N5O3. The first kappa shape index (κ1) is 22.2. The van der Waals surface area contributed by atoms with Crippen molar-refractivity contribution in [3.63, 3.8) is 0 Å². The van der Waals surface area contributed by atoms with E-state index in [-0.39, 0.29) is 11.8 Å². The maximum Gasteiger partial charge on any atom is 0.325 e. The molecule has 0 saturated carbocycles. The van der Waals surface area contributed by atoms with Crippen molar-refractivity contribution >= 4 is 17.7 Å². The lowest BCUT2D eigenvalue weighted by Crippen LogP contribution is -2.44. The van der Waals surface area contributed by atoms with Gasteiger partial charge in [0.1, 0.15) is 11.9 Å². The number of piperidine rings is 1. The van der Waals surface area contributed by atoms with Gasteiger partial charge in [0.15, 0.2) is 0 Å². The quantitative estimate of drug-likeness (QED) is 0.545. The predicted octanol–water partition coefficient (Wildman–Crippen LogP) is 2.42. The summed E-state index contributed by atoms with van der Waals surface area (Å²) in [6.45, 7) is 2.78. The molecule has 3 N–H and O–H groups in total. The number of hydrogen-bond acceptors (Lipinski definition) is 6. The highest BCUT2D eigenvalue weighted by Crippen LogP contribution is 2.27. The molecule has 4 heterocycles. The van der Waals surface area contributed by atoms with E-state index in [2.05, 4.69) is 27.8 Å². The molecule has 8 nitrogen and oxygen atoms in total. The molecule has 0 aliphatic carbocycles. The van der Waals surface area contributed by atoms with Crippen molar-refractivity contribution < 1.29 is 14.7 Å². The van der Waals surface area contributed by atoms with Gasteiger partial charge in [-0.05, 0) is 67.9 Å². The molecule has 1 fully saturated rings. The molecule has 0 aromatic carbocycles. The lowest BCUT2D eigenvalue weighted by Gasteiger charge is -2.35. The molecular weight excluding hydrogens is 406 g/mol.